The van der Waals surface area contributed by atoms with Gasteiger partial charge in [-0.15, -0.1) is 5.10 Å². The first kappa shape index (κ1) is 14.3. The van der Waals surface area contributed by atoms with E-state index in [1.165, 1.54) is 5.56 Å². The second-order valence-electron chi connectivity index (χ2n) is 4.03. The van der Waals surface area contributed by atoms with Crippen LogP contribution in [0.15, 0.2) is 40.4 Å². The first-order valence-electron chi connectivity index (χ1n) is 6.11. The van der Waals surface area contributed by atoms with Crippen LogP contribution < -0.4 is 10.9 Å². The molecule has 0 bridgehead atoms. The number of H-pyrrole nitrogens is 1. The molecule has 1 aromatic carbocycles. The van der Waals surface area contributed by atoms with Crippen LogP contribution in [-0.2, 0) is 11.2 Å². The monoisotopic (exact) mass is 290 g/mol. The highest BCUT2D eigenvalue weighted by Crippen LogP contribution is 2.13. The number of thioether (sulfide) groups is 1. The minimum Gasteiger partial charge on any atom is -0.325 e. The van der Waals surface area contributed by atoms with Gasteiger partial charge in [0.2, 0.25) is 5.91 Å². The van der Waals surface area contributed by atoms with Crippen LogP contribution in [-0.4, -0.2) is 26.8 Å². The van der Waals surface area contributed by atoms with E-state index in [-0.39, 0.29) is 17.2 Å². The molecule has 0 fully saturated rings. The Hall–Kier alpha value is -2.15. The second-order valence-corrected chi connectivity index (χ2v) is 4.99. The predicted molar refractivity (Wildman–Crippen MR) is 77.8 cm³/mol. The predicted octanol–water partition coefficient (Wildman–Crippen LogP) is 1.46. The standard InChI is InChI=1S/C13H14N4O2S/c1-2-9-3-5-10(6-4-9)15-12(19)8-20-13-16-11(18)7-14-17-13/h3-7H,2,8H2,1H3,(H,15,19)(H,16,17,18). The summed E-state index contributed by atoms with van der Waals surface area (Å²) in [4.78, 5) is 25.3. The fourth-order valence-corrected chi connectivity index (χ4v) is 2.13. The van der Waals surface area contributed by atoms with Gasteiger partial charge < -0.3 is 5.32 Å². The Bertz CT molecular complexity index is 639. The Morgan fingerprint density at radius 3 is 2.75 bits per heavy atom. The van der Waals surface area contributed by atoms with E-state index in [9.17, 15) is 9.59 Å². The number of rotatable bonds is 5. The molecule has 2 N–H and O–H groups in total. The zero-order valence-electron chi connectivity index (χ0n) is 10.9. The molecule has 2 rings (SSSR count). The number of hydrogen-bond acceptors (Lipinski definition) is 5. The fourth-order valence-electron chi connectivity index (χ4n) is 1.52. The molecular formula is C13H14N4O2S. The van der Waals surface area contributed by atoms with Gasteiger partial charge in [-0.25, -0.2) is 0 Å². The van der Waals surface area contributed by atoms with Gasteiger partial charge in [0, 0.05) is 5.69 Å². The summed E-state index contributed by atoms with van der Waals surface area (Å²) in [7, 11) is 0. The summed E-state index contributed by atoms with van der Waals surface area (Å²) >= 11 is 1.13. The van der Waals surface area contributed by atoms with Crippen molar-refractivity contribution in [1.29, 1.82) is 0 Å². The SMILES string of the molecule is CCc1ccc(NC(=O)CSc2nncc(=O)[nH]2)cc1. The lowest BCUT2D eigenvalue weighted by atomic mass is 10.1. The Balaban J connectivity index is 1.87. The average molecular weight is 290 g/mol. The van der Waals surface area contributed by atoms with E-state index in [1.807, 2.05) is 24.3 Å². The van der Waals surface area contributed by atoms with Gasteiger partial charge in [-0.05, 0) is 24.1 Å². The number of carbonyl (C=O) groups is 1. The van der Waals surface area contributed by atoms with Crippen molar-refractivity contribution in [2.24, 2.45) is 0 Å². The summed E-state index contributed by atoms with van der Waals surface area (Å²) in [6.07, 6.45) is 2.05. The molecule has 2 aromatic rings. The van der Waals surface area contributed by atoms with Crippen LogP contribution in [0.3, 0.4) is 0 Å². The van der Waals surface area contributed by atoms with Crippen molar-refractivity contribution in [2.75, 3.05) is 11.1 Å². The lowest BCUT2D eigenvalue weighted by molar-refractivity contribution is -0.113. The summed E-state index contributed by atoms with van der Waals surface area (Å²) in [6, 6.07) is 7.68. The van der Waals surface area contributed by atoms with Gasteiger partial charge in [0.05, 0.1) is 5.75 Å². The van der Waals surface area contributed by atoms with Crippen molar-refractivity contribution in [2.45, 2.75) is 18.5 Å². The third kappa shape index (κ3) is 4.20. The highest BCUT2D eigenvalue weighted by Gasteiger charge is 2.05. The minimum absolute atomic E-state index is 0.157. The molecule has 0 spiro atoms. The van der Waals surface area contributed by atoms with Gasteiger partial charge in [-0.2, -0.15) is 5.10 Å². The molecule has 0 unspecified atom stereocenters. The molecular weight excluding hydrogens is 276 g/mol. The van der Waals surface area contributed by atoms with Crippen LogP contribution in [0.1, 0.15) is 12.5 Å². The molecule has 1 heterocycles. The van der Waals surface area contributed by atoms with E-state index in [1.54, 1.807) is 0 Å². The number of aryl methyl sites for hydroxylation is 1. The molecule has 0 aliphatic carbocycles. The maximum Gasteiger partial charge on any atom is 0.270 e. The molecule has 104 valence electrons. The summed E-state index contributed by atoms with van der Waals surface area (Å²) in [5.74, 6) is -0.00443. The number of nitrogens with zero attached hydrogens (tertiary/aromatic N) is 2. The number of amides is 1. The normalized spacial score (nSPS) is 10.2. The van der Waals surface area contributed by atoms with E-state index in [0.29, 0.717) is 5.16 Å². The molecule has 0 atom stereocenters. The molecule has 0 aliphatic rings. The fraction of sp³-hybridized carbons (Fsp3) is 0.231. The number of aromatic nitrogens is 3. The molecule has 0 saturated heterocycles. The topological polar surface area (TPSA) is 87.7 Å². The highest BCUT2D eigenvalue weighted by atomic mass is 32.2. The largest absolute Gasteiger partial charge is 0.325 e. The average Bonchev–Trinajstić information content (AvgIpc) is 2.46. The smallest absolute Gasteiger partial charge is 0.270 e. The lowest BCUT2D eigenvalue weighted by Crippen LogP contribution is -2.15. The Labute approximate surface area is 120 Å². The van der Waals surface area contributed by atoms with Gasteiger partial charge in [0.25, 0.3) is 5.56 Å². The van der Waals surface area contributed by atoms with E-state index < -0.39 is 0 Å². The molecule has 20 heavy (non-hydrogen) atoms. The quantitative estimate of drug-likeness (QED) is 0.814. The third-order valence-electron chi connectivity index (χ3n) is 2.54. The van der Waals surface area contributed by atoms with Gasteiger partial charge in [-0.1, -0.05) is 30.8 Å². The summed E-state index contributed by atoms with van der Waals surface area (Å²) in [6.45, 7) is 2.08. The maximum absolute atomic E-state index is 11.8. The number of hydrogen-bond donors (Lipinski definition) is 2. The van der Waals surface area contributed by atoms with E-state index in [4.69, 9.17) is 0 Å². The van der Waals surface area contributed by atoms with Gasteiger partial charge in [0.15, 0.2) is 5.16 Å². The Morgan fingerprint density at radius 1 is 1.35 bits per heavy atom. The molecule has 1 amide bonds. The highest BCUT2D eigenvalue weighted by molar-refractivity contribution is 7.99. The maximum atomic E-state index is 11.8. The molecule has 7 heteroatoms. The minimum atomic E-state index is -0.335. The van der Waals surface area contributed by atoms with Crippen molar-refractivity contribution >= 4 is 23.4 Å². The Kier molecular flexibility index (Phi) is 4.89. The summed E-state index contributed by atoms with van der Waals surface area (Å²) < 4.78 is 0. The van der Waals surface area contributed by atoms with E-state index in [0.717, 1.165) is 30.1 Å². The van der Waals surface area contributed by atoms with Crippen molar-refractivity contribution in [3.63, 3.8) is 0 Å². The van der Waals surface area contributed by atoms with Crippen LogP contribution in [0, 0.1) is 0 Å². The van der Waals surface area contributed by atoms with Crippen LogP contribution in [0.4, 0.5) is 5.69 Å². The number of carbonyl (C=O) groups excluding carboxylic acids is 1. The molecule has 0 aliphatic heterocycles. The summed E-state index contributed by atoms with van der Waals surface area (Å²) in [5, 5.41) is 10.3. The molecule has 6 nitrogen and oxygen atoms in total. The molecule has 0 radical (unpaired) electrons. The zero-order chi connectivity index (χ0) is 14.4. The van der Waals surface area contributed by atoms with Crippen molar-refractivity contribution in [1.82, 2.24) is 15.2 Å². The first-order chi connectivity index (χ1) is 9.67. The lowest BCUT2D eigenvalue weighted by Gasteiger charge is -2.05. The van der Waals surface area contributed by atoms with Gasteiger partial charge in [0.1, 0.15) is 6.20 Å². The third-order valence-corrected chi connectivity index (χ3v) is 3.40. The molecule has 0 saturated carbocycles. The number of benzene rings is 1. The second kappa shape index (κ2) is 6.85. The van der Waals surface area contributed by atoms with Crippen molar-refractivity contribution in [3.05, 3.63) is 46.4 Å². The molecule has 1 aromatic heterocycles. The zero-order valence-corrected chi connectivity index (χ0v) is 11.7. The van der Waals surface area contributed by atoms with Gasteiger partial charge in [-0.3, -0.25) is 14.6 Å². The van der Waals surface area contributed by atoms with Crippen LogP contribution in [0.5, 0.6) is 0 Å². The number of anilines is 1. The van der Waals surface area contributed by atoms with Gasteiger partial charge >= 0.3 is 0 Å². The van der Waals surface area contributed by atoms with Crippen LogP contribution in [0.2, 0.25) is 0 Å². The van der Waals surface area contributed by atoms with Crippen molar-refractivity contribution < 1.29 is 4.79 Å². The van der Waals surface area contributed by atoms with Crippen LogP contribution >= 0.6 is 11.8 Å². The van der Waals surface area contributed by atoms with Crippen LogP contribution in [0.25, 0.3) is 0 Å². The van der Waals surface area contributed by atoms with Crippen molar-refractivity contribution in [3.8, 4) is 0 Å². The van der Waals surface area contributed by atoms with E-state index >= 15 is 0 Å². The number of aromatic amines is 1. The first-order valence-corrected chi connectivity index (χ1v) is 7.09. The summed E-state index contributed by atoms with van der Waals surface area (Å²) in [5.41, 5.74) is 1.63. The Morgan fingerprint density at radius 2 is 2.10 bits per heavy atom. The van der Waals surface area contributed by atoms with E-state index in [2.05, 4.69) is 27.4 Å². The number of nitrogens with one attached hydrogen (secondary N) is 2.